The molecule has 2 aromatic heterocycles. The Morgan fingerprint density at radius 2 is 2.08 bits per heavy atom. The van der Waals surface area contributed by atoms with Crippen molar-refractivity contribution in [2.24, 2.45) is 0 Å². The quantitative estimate of drug-likeness (QED) is 0.584. The van der Waals surface area contributed by atoms with Gasteiger partial charge in [0.25, 0.3) is 0 Å². The van der Waals surface area contributed by atoms with E-state index < -0.39 is 5.97 Å². The minimum Gasteiger partial charge on any atom is -0.455 e. The van der Waals surface area contributed by atoms with Crippen LogP contribution in [-0.2, 0) is 22.7 Å². The van der Waals surface area contributed by atoms with E-state index in [9.17, 15) is 4.79 Å². The summed E-state index contributed by atoms with van der Waals surface area (Å²) in [5.74, 6) is -0.431. The molecule has 3 aromatic rings. The van der Waals surface area contributed by atoms with Crippen molar-refractivity contribution < 1.29 is 14.3 Å². The van der Waals surface area contributed by atoms with Crippen molar-refractivity contribution in [3.8, 4) is 5.69 Å². The molecule has 0 fully saturated rings. The first kappa shape index (κ1) is 16.8. The number of halogens is 1. The number of nitrogens with zero attached hydrogens (tertiary/aromatic N) is 3. The van der Waals surface area contributed by atoms with Crippen molar-refractivity contribution in [3.05, 3.63) is 62.8 Å². The van der Waals surface area contributed by atoms with E-state index in [0.717, 1.165) is 15.2 Å². The molecular weight excluding hydrogens is 394 g/mol. The van der Waals surface area contributed by atoms with Crippen molar-refractivity contribution in [1.82, 2.24) is 14.8 Å². The monoisotopic (exact) mass is 407 g/mol. The van der Waals surface area contributed by atoms with Gasteiger partial charge < -0.3 is 9.47 Å². The highest BCUT2D eigenvalue weighted by atomic mass is 79.9. The molecule has 0 saturated carbocycles. The summed E-state index contributed by atoms with van der Waals surface area (Å²) in [5.41, 5.74) is 1.96. The van der Waals surface area contributed by atoms with Crippen LogP contribution in [0.1, 0.15) is 21.1 Å². The average Bonchev–Trinajstić information content (AvgIpc) is 3.23. The van der Waals surface area contributed by atoms with Crippen LogP contribution in [0.25, 0.3) is 5.69 Å². The number of hydrogen-bond donors (Lipinski definition) is 0. The highest BCUT2D eigenvalue weighted by Crippen LogP contribution is 2.15. The van der Waals surface area contributed by atoms with Gasteiger partial charge in [-0.05, 0) is 24.3 Å². The van der Waals surface area contributed by atoms with Gasteiger partial charge >= 0.3 is 5.97 Å². The molecule has 124 valence electrons. The van der Waals surface area contributed by atoms with E-state index in [1.807, 2.05) is 29.6 Å². The number of carbonyl (C=O) groups is 1. The van der Waals surface area contributed by atoms with Gasteiger partial charge in [-0.15, -0.1) is 11.3 Å². The molecule has 0 saturated heterocycles. The molecule has 6 nitrogen and oxygen atoms in total. The Labute approximate surface area is 151 Å². The van der Waals surface area contributed by atoms with Crippen molar-refractivity contribution in [2.75, 3.05) is 7.11 Å². The van der Waals surface area contributed by atoms with Crippen LogP contribution in [0, 0.1) is 0 Å². The SMILES string of the molecule is COCc1nc(COC(=O)c2cnn(-c3ccc(Br)cc3)c2)cs1. The van der Waals surface area contributed by atoms with Gasteiger partial charge in [0.15, 0.2) is 0 Å². The van der Waals surface area contributed by atoms with E-state index in [1.165, 1.54) is 17.5 Å². The molecule has 0 N–H and O–H groups in total. The molecule has 3 rings (SSSR count). The van der Waals surface area contributed by atoms with Crippen molar-refractivity contribution in [2.45, 2.75) is 13.2 Å². The molecule has 0 aliphatic rings. The number of rotatable bonds is 6. The van der Waals surface area contributed by atoms with Gasteiger partial charge in [-0.25, -0.2) is 14.5 Å². The first-order valence-corrected chi connectivity index (χ1v) is 8.73. The van der Waals surface area contributed by atoms with Gasteiger partial charge in [-0.1, -0.05) is 15.9 Å². The number of ether oxygens (including phenoxy) is 2. The standard InChI is InChI=1S/C16H14BrN3O3S/c1-22-9-15-19-13(10-24-15)8-23-16(21)11-6-18-20(7-11)14-4-2-12(17)3-5-14/h2-7,10H,8-9H2,1H3. The van der Waals surface area contributed by atoms with Crippen molar-refractivity contribution in [1.29, 1.82) is 0 Å². The summed E-state index contributed by atoms with van der Waals surface area (Å²) >= 11 is 4.86. The van der Waals surface area contributed by atoms with Crippen LogP contribution >= 0.6 is 27.3 Å². The topological polar surface area (TPSA) is 66.2 Å². The molecule has 0 bridgehead atoms. The van der Waals surface area contributed by atoms with Crippen LogP contribution in [0.2, 0.25) is 0 Å². The Morgan fingerprint density at radius 1 is 1.29 bits per heavy atom. The van der Waals surface area contributed by atoms with Crippen LogP contribution in [-0.4, -0.2) is 27.8 Å². The number of methoxy groups -OCH3 is 1. The van der Waals surface area contributed by atoms with Gasteiger partial charge in [0.2, 0.25) is 0 Å². The second-order valence-electron chi connectivity index (χ2n) is 4.89. The maximum atomic E-state index is 12.1. The third-order valence-electron chi connectivity index (χ3n) is 3.13. The predicted octanol–water partition coefficient (Wildman–Crippen LogP) is 3.59. The van der Waals surface area contributed by atoms with Gasteiger partial charge in [-0.3, -0.25) is 0 Å². The number of benzene rings is 1. The molecular formula is C16H14BrN3O3S. The Morgan fingerprint density at radius 3 is 2.83 bits per heavy atom. The minimum absolute atomic E-state index is 0.127. The predicted molar refractivity (Wildman–Crippen MR) is 93.2 cm³/mol. The summed E-state index contributed by atoms with van der Waals surface area (Å²) in [6.07, 6.45) is 3.13. The molecule has 0 spiro atoms. The average molecular weight is 408 g/mol. The second kappa shape index (κ2) is 7.69. The van der Waals surface area contributed by atoms with Crippen LogP contribution in [0.5, 0.6) is 0 Å². The number of thiazole rings is 1. The van der Waals surface area contributed by atoms with Gasteiger partial charge in [0, 0.05) is 23.2 Å². The van der Waals surface area contributed by atoms with Gasteiger partial charge in [-0.2, -0.15) is 5.10 Å². The second-order valence-corrected chi connectivity index (χ2v) is 6.75. The molecule has 0 radical (unpaired) electrons. The van der Waals surface area contributed by atoms with E-state index in [2.05, 4.69) is 26.0 Å². The maximum Gasteiger partial charge on any atom is 0.341 e. The van der Waals surface area contributed by atoms with E-state index in [4.69, 9.17) is 9.47 Å². The summed E-state index contributed by atoms with van der Waals surface area (Å²) < 4.78 is 12.9. The van der Waals surface area contributed by atoms with Crippen molar-refractivity contribution in [3.63, 3.8) is 0 Å². The molecule has 0 atom stereocenters. The van der Waals surface area contributed by atoms with E-state index in [1.54, 1.807) is 18.0 Å². The molecule has 24 heavy (non-hydrogen) atoms. The normalized spacial score (nSPS) is 10.8. The Balaban J connectivity index is 1.62. The van der Waals surface area contributed by atoms with Crippen molar-refractivity contribution >= 4 is 33.2 Å². The van der Waals surface area contributed by atoms with Crippen LogP contribution < -0.4 is 0 Å². The summed E-state index contributed by atoms with van der Waals surface area (Å²) in [4.78, 5) is 16.4. The summed E-state index contributed by atoms with van der Waals surface area (Å²) in [7, 11) is 1.62. The van der Waals surface area contributed by atoms with Crippen LogP contribution in [0.15, 0.2) is 46.5 Å². The lowest BCUT2D eigenvalue weighted by Crippen LogP contribution is -2.04. The first-order chi connectivity index (χ1) is 11.7. The van der Waals surface area contributed by atoms with Crippen LogP contribution in [0.4, 0.5) is 0 Å². The van der Waals surface area contributed by atoms with Gasteiger partial charge in [0.05, 0.1) is 29.7 Å². The number of carbonyl (C=O) groups excluding carboxylic acids is 1. The minimum atomic E-state index is -0.431. The Bertz CT molecular complexity index is 829. The van der Waals surface area contributed by atoms with Crippen LogP contribution in [0.3, 0.4) is 0 Å². The lowest BCUT2D eigenvalue weighted by molar-refractivity contribution is 0.0468. The molecule has 0 amide bonds. The summed E-state index contributed by atoms with van der Waals surface area (Å²) in [6.45, 7) is 0.584. The highest BCUT2D eigenvalue weighted by molar-refractivity contribution is 9.10. The highest BCUT2D eigenvalue weighted by Gasteiger charge is 2.12. The maximum absolute atomic E-state index is 12.1. The molecule has 0 aliphatic carbocycles. The van der Waals surface area contributed by atoms with Gasteiger partial charge in [0.1, 0.15) is 11.6 Å². The number of hydrogen-bond acceptors (Lipinski definition) is 6. The van der Waals surface area contributed by atoms with E-state index >= 15 is 0 Å². The first-order valence-electron chi connectivity index (χ1n) is 7.05. The summed E-state index contributed by atoms with van der Waals surface area (Å²) in [5, 5.41) is 6.90. The lowest BCUT2D eigenvalue weighted by atomic mass is 10.3. The molecule has 8 heteroatoms. The number of aromatic nitrogens is 3. The molecule has 1 aromatic carbocycles. The molecule has 0 unspecified atom stereocenters. The van der Waals surface area contributed by atoms with E-state index in [-0.39, 0.29) is 6.61 Å². The summed E-state index contributed by atoms with van der Waals surface area (Å²) in [6, 6.07) is 7.63. The largest absolute Gasteiger partial charge is 0.455 e. The molecule has 0 aliphatic heterocycles. The Kier molecular flexibility index (Phi) is 5.39. The lowest BCUT2D eigenvalue weighted by Gasteiger charge is -2.01. The zero-order valence-electron chi connectivity index (χ0n) is 12.8. The molecule has 2 heterocycles. The fraction of sp³-hybridized carbons (Fsp3) is 0.188. The van der Waals surface area contributed by atoms with E-state index in [0.29, 0.717) is 17.9 Å². The number of esters is 1. The third kappa shape index (κ3) is 4.08. The zero-order valence-corrected chi connectivity index (χ0v) is 15.2. The third-order valence-corrected chi connectivity index (χ3v) is 4.53. The Hall–Kier alpha value is -2.03. The smallest absolute Gasteiger partial charge is 0.341 e. The fourth-order valence-electron chi connectivity index (χ4n) is 1.99. The fourth-order valence-corrected chi connectivity index (χ4v) is 3.00. The zero-order chi connectivity index (χ0) is 16.9.